The van der Waals surface area contributed by atoms with Crippen molar-refractivity contribution in [2.45, 2.75) is 39.0 Å². The fraction of sp³-hybridized carbons (Fsp3) is 0.429. The van der Waals surface area contributed by atoms with Crippen LogP contribution in [0.3, 0.4) is 0 Å². The largest absolute Gasteiger partial charge is 0.293 e. The SMILES string of the molecule is Cn1nc2c(c1-c1cccnc1)CCC1C(C)(C)C(=O)C(C#N)=CC21C. The van der Waals surface area contributed by atoms with Gasteiger partial charge >= 0.3 is 0 Å². The lowest BCUT2D eigenvalue weighted by Gasteiger charge is -2.49. The van der Waals surface area contributed by atoms with Crippen LogP contribution in [-0.2, 0) is 23.7 Å². The Morgan fingerprint density at radius 3 is 2.77 bits per heavy atom. The summed E-state index contributed by atoms with van der Waals surface area (Å²) in [5.74, 6) is 0.0816. The van der Waals surface area contributed by atoms with Crippen LogP contribution < -0.4 is 0 Å². The molecular formula is C21H22N4O. The number of nitriles is 1. The second-order valence-electron chi connectivity index (χ2n) is 8.14. The zero-order valence-corrected chi connectivity index (χ0v) is 15.6. The molecule has 2 unspecified atom stereocenters. The van der Waals surface area contributed by atoms with E-state index >= 15 is 0 Å². The number of pyridine rings is 1. The summed E-state index contributed by atoms with van der Waals surface area (Å²) >= 11 is 0. The topological polar surface area (TPSA) is 71.6 Å². The van der Waals surface area contributed by atoms with Crippen LogP contribution in [-0.4, -0.2) is 20.5 Å². The van der Waals surface area contributed by atoms with E-state index in [4.69, 9.17) is 5.10 Å². The van der Waals surface area contributed by atoms with Gasteiger partial charge in [-0.25, -0.2) is 0 Å². The number of nitrogens with zero attached hydrogens (tertiary/aromatic N) is 4. The van der Waals surface area contributed by atoms with Crippen molar-refractivity contribution in [1.82, 2.24) is 14.8 Å². The monoisotopic (exact) mass is 346 g/mol. The molecular weight excluding hydrogens is 324 g/mol. The van der Waals surface area contributed by atoms with E-state index < -0.39 is 10.8 Å². The summed E-state index contributed by atoms with van der Waals surface area (Å²) in [7, 11) is 1.95. The molecule has 2 atom stereocenters. The fourth-order valence-electron chi connectivity index (χ4n) is 5.09. The average molecular weight is 346 g/mol. The summed E-state index contributed by atoms with van der Waals surface area (Å²) in [5.41, 5.74) is 3.58. The lowest BCUT2D eigenvalue weighted by molar-refractivity contribution is -0.128. The van der Waals surface area contributed by atoms with E-state index in [-0.39, 0.29) is 17.3 Å². The maximum atomic E-state index is 12.8. The van der Waals surface area contributed by atoms with Crippen LogP contribution in [0, 0.1) is 22.7 Å². The van der Waals surface area contributed by atoms with Crippen LogP contribution in [0.15, 0.2) is 36.2 Å². The highest BCUT2D eigenvalue weighted by Gasteiger charge is 2.55. The first-order valence-electron chi connectivity index (χ1n) is 8.95. The van der Waals surface area contributed by atoms with Crippen LogP contribution in [0.5, 0.6) is 0 Å². The molecule has 0 N–H and O–H groups in total. The third kappa shape index (κ3) is 2.05. The highest BCUT2D eigenvalue weighted by atomic mass is 16.1. The minimum absolute atomic E-state index is 0.0469. The summed E-state index contributed by atoms with van der Waals surface area (Å²) in [5, 5.41) is 14.4. The zero-order chi connectivity index (χ0) is 18.7. The maximum Gasteiger partial charge on any atom is 0.178 e. The van der Waals surface area contributed by atoms with Gasteiger partial charge in [0.1, 0.15) is 6.07 Å². The highest BCUT2D eigenvalue weighted by Crippen LogP contribution is 2.55. The smallest absolute Gasteiger partial charge is 0.178 e. The molecule has 2 aliphatic rings. The summed E-state index contributed by atoms with van der Waals surface area (Å²) in [6, 6.07) is 6.09. The van der Waals surface area contributed by atoms with Gasteiger partial charge in [-0.05, 0) is 30.9 Å². The van der Waals surface area contributed by atoms with Gasteiger partial charge in [-0.3, -0.25) is 14.5 Å². The van der Waals surface area contributed by atoms with E-state index in [2.05, 4.69) is 18.0 Å². The van der Waals surface area contributed by atoms with Gasteiger partial charge in [0, 0.05) is 41.4 Å². The van der Waals surface area contributed by atoms with Crippen molar-refractivity contribution >= 4 is 5.78 Å². The van der Waals surface area contributed by atoms with Crippen molar-refractivity contribution in [3.63, 3.8) is 0 Å². The Kier molecular flexibility index (Phi) is 3.46. The van der Waals surface area contributed by atoms with Crippen LogP contribution in [0.2, 0.25) is 0 Å². The molecule has 2 heterocycles. The predicted molar refractivity (Wildman–Crippen MR) is 98.1 cm³/mol. The predicted octanol–water partition coefficient (Wildman–Crippen LogP) is 3.36. The third-order valence-electron chi connectivity index (χ3n) is 6.26. The van der Waals surface area contributed by atoms with Crippen LogP contribution in [0.4, 0.5) is 0 Å². The van der Waals surface area contributed by atoms with E-state index in [1.54, 1.807) is 6.20 Å². The van der Waals surface area contributed by atoms with Gasteiger partial charge in [0.25, 0.3) is 0 Å². The molecule has 2 aliphatic carbocycles. The molecule has 0 spiro atoms. The van der Waals surface area contributed by atoms with Gasteiger partial charge in [0.2, 0.25) is 0 Å². The van der Waals surface area contributed by atoms with Crippen LogP contribution in [0.1, 0.15) is 38.4 Å². The first kappa shape index (κ1) is 16.7. The molecule has 0 aromatic carbocycles. The standard InChI is InChI=1S/C21H22N4O/c1-20(2)16-8-7-15-17(13-6-5-9-23-12-13)25(4)24-18(15)21(16,3)10-14(11-22)19(20)26/h5-6,9-10,12,16H,7-8H2,1-4H3. The molecule has 2 aromatic rings. The Morgan fingerprint density at radius 1 is 1.35 bits per heavy atom. The third-order valence-corrected chi connectivity index (χ3v) is 6.26. The number of fused-ring (bicyclic) bond motifs is 3. The Hall–Kier alpha value is -2.74. The molecule has 26 heavy (non-hydrogen) atoms. The number of hydrogen-bond acceptors (Lipinski definition) is 4. The molecule has 0 saturated carbocycles. The Balaban J connectivity index is 1.97. The second kappa shape index (κ2) is 5.38. The summed E-state index contributed by atoms with van der Waals surface area (Å²) < 4.78 is 1.92. The molecule has 0 aliphatic heterocycles. The normalized spacial score (nSPS) is 26.5. The van der Waals surface area contributed by atoms with Crippen molar-refractivity contribution in [2.75, 3.05) is 0 Å². The number of carbonyl (C=O) groups excluding carboxylic acids is 1. The Labute approximate surface area is 153 Å². The fourth-order valence-corrected chi connectivity index (χ4v) is 5.09. The van der Waals surface area contributed by atoms with E-state index in [1.165, 1.54) is 5.56 Å². The van der Waals surface area contributed by atoms with Crippen molar-refractivity contribution in [3.05, 3.63) is 47.4 Å². The van der Waals surface area contributed by atoms with E-state index in [9.17, 15) is 10.1 Å². The number of ketones is 1. The highest BCUT2D eigenvalue weighted by molar-refractivity contribution is 6.04. The lowest BCUT2D eigenvalue weighted by atomic mass is 9.52. The molecule has 2 aromatic heterocycles. The van der Waals surface area contributed by atoms with Crippen molar-refractivity contribution in [3.8, 4) is 17.3 Å². The number of Topliss-reactive ketones (excluding diaryl/α,β-unsaturated/α-hetero) is 1. The lowest BCUT2D eigenvalue weighted by Crippen LogP contribution is -2.51. The molecule has 4 rings (SSSR count). The average Bonchev–Trinajstić information content (AvgIpc) is 2.96. The van der Waals surface area contributed by atoms with Gasteiger partial charge in [0.15, 0.2) is 5.78 Å². The van der Waals surface area contributed by atoms with Crippen molar-refractivity contribution < 1.29 is 4.79 Å². The minimum Gasteiger partial charge on any atom is -0.293 e. The summed E-state index contributed by atoms with van der Waals surface area (Å²) in [6.07, 6.45) is 7.26. The molecule has 0 bridgehead atoms. The molecule has 0 fully saturated rings. The maximum absolute atomic E-state index is 12.8. The van der Waals surface area contributed by atoms with Gasteiger partial charge in [-0.2, -0.15) is 10.4 Å². The van der Waals surface area contributed by atoms with Gasteiger partial charge in [0.05, 0.1) is 17.0 Å². The number of allylic oxidation sites excluding steroid dienone is 2. The first-order chi connectivity index (χ1) is 12.3. The Morgan fingerprint density at radius 2 is 2.12 bits per heavy atom. The Bertz CT molecular complexity index is 977. The summed E-state index contributed by atoms with van der Waals surface area (Å²) in [6.45, 7) is 6.07. The molecule has 0 radical (unpaired) electrons. The molecule has 0 saturated heterocycles. The van der Waals surface area contributed by atoms with E-state index in [1.807, 2.05) is 50.0 Å². The minimum atomic E-state index is -0.571. The number of aromatic nitrogens is 3. The molecule has 5 heteroatoms. The van der Waals surface area contributed by atoms with Gasteiger partial charge in [-0.1, -0.05) is 26.8 Å². The number of aryl methyl sites for hydroxylation is 1. The second-order valence-corrected chi connectivity index (χ2v) is 8.14. The zero-order valence-electron chi connectivity index (χ0n) is 15.6. The number of hydrogen-bond donors (Lipinski definition) is 0. The van der Waals surface area contributed by atoms with Crippen molar-refractivity contribution in [2.24, 2.45) is 18.4 Å². The van der Waals surface area contributed by atoms with Crippen LogP contribution in [0.25, 0.3) is 11.3 Å². The quantitative estimate of drug-likeness (QED) is 0.794. The molecule has 132 valence electrons. The summed E-state index contributed by atoms with van der Waals surface area (Å²) in [4.78, 5) is 17.0. The first-order valence-corrected chi connectivity index (χ1v) is 8.95. The molecule has 0 amide bonds. The van der Waals surface area contributed by atoms with Gasteiger partial charge < -0.3 is 0 Å². The van der Waals surface area contributed by atoms with E-state index in [0.29, 0.717) is 0 Å². The van der Waals surface area contributed by atoms with Crippen molar-refractivity contribution in [1.29, 1.82) is 5.26 Å². The van der Waals surface area contributed by atoms with E-state index in [0.717, 1.165) is 29.8 Å². The number of rotatable bonds is 1. The van der Waals surface area contributed by atoms with Gasteiger partial charge in [-0.15, -0.1) is 0 Å². The van der Waals surface area contributed by atoms with Crippen LogP contribution >= 0.6 is 0 Å². The molecule has 5 nitrogen and oxygen atoms in total. The number of carbonyl (C=O) groups is 1.